The molecule has 118 valence electrons. The number of benzene rings is 1. The number of rotatable bonds is 6. The highest BCUT2D eigenvalue weighted by Crippen LogP contribution is 2.40. The van der Waals surface area contributed by atoms with Crippen molar-refractivity contribution in [2.75, 3.05) is 5.75 Å². The Morgan fingerprint density at radius 3 is 2.77 bits per heavy atom. The van der Waals surface area contributed by atoms with E-state index < -0.39 is 17.7 Å². The summed E-state index contributed by atoms with van der Waals surface area (Å²) >= 11 is 1.33. The van der Waals surface area contributed by atoms with Crippen LogP contribution in [0.2, 0.25) is 0 Å². The van der Waals surface area contributed by atoms with Gasteiger partial charge in [0, 0.05) is 29.8 Å². The molecule has 7 heteroatoms. The quantitative estimate of drug-likeness (QED) is 0.828. The van der Waals surface area contributed by atoms with E-state index in [0.717, 1.165) is 42.5 Å². The Morgan fingerprint density at radius 1 is 1.36 bits per heavy atom. The molecule has 1 aliphatic carbocycles. The third-order valence-electron chi connectivity index (χ3n) is 3.70. The molecule has 1 fully saturated rings. The van der Waals surface area contributed by atoms with E-state index in [1.807, 2.05) is 11.5 Å². The second kappa shape index (κ2) is 6.34. The van der Waals surface area contributed by atoms with Crippen LogP contribution in [0.25, 0.3) is 0 Å². The van der Waals surface area contributed by atoms with Gasteiger partial charge in [0.2, 0.25) is 0 Å². The summed E-state index contributed by atoms with van der Waals surface area (Å²) in [6.07, 6.45) is 1.27. The molecule has 0 bridgehead atoms. The molecule has 0 aliphatic heterocycles. The van der Waals surface area contributed by atoms with Crippen LogP contribution in [0.5, 0.6) is 0 Å². The van der Waals surface area contributed by atoms with Crippen LogP contribution in [0, 0.1) is 11.6 Å². The summed E-state index contributed by atoms with van der Waals surface area (Å²) in [5.74, 6) is 0.351. The van der Waals surface area contributed by atoms with Crippen molar-refractivity contribution in [1.82, 2.24) is 14.8 Å². The maximum Gasteiger partial charge on any atom is 0.191 e. The van der Waals surface area contributed by atoms with Crippen LogP contribution in [-0.2, 0) is 6.54 Å². The lowest BCUT2D eigenvalue weighted by atomic mass is 10.1. The summed E-state index contributed by atoms with van der Waals surface area (Å²) < 4.78 is 28.6. The molecular formula is C15H17F2N3OS. The van der Waals surface area contributed by atoms with Crippen LogP contribution in [0.4, 0.5) is 8.78 Å². The summed E-state index contributed by atoms with van der Waals surface area (Å²) in [5, 5.41) is 19.2. The second-order valence-corrected chi connectivity index (χ2v) is 6.34. The second-order valence-electron chi connectivity index (χ2n) is 5.35. The van der Waals surface area contributed by atoms with Crippen LogP contribution in [0.1, 0.15) is 43.2 Å². The smallest absolute Gasteiger partial charge is 0.191 e. The molecule has 1 saturated carbocycles. The van der Waals surface area contributed by atoms with Gasteiger partial charge in [0.25, 0.3) is 0 Å². The first-order valence-electron chi connectivity index (χ1n) is 7.29. The van der Waals surface area contributed by atoms with Gasteiger partial charge in [0.1, 0.15) is 17.5 Å². The fourth-order valence-corrected chi connectivity index (χ4v) is 3.33. The molecule has 0 saturated heterocycles. The third kappa shape index (κ3) is 3.15. The number of thioether (sulfide) groups is 1. The molecule has 0 amide bonds. The minimum absolute atomic E-state index is 0.0962. The average molecular weight is 325 g/mol. The minimum Gasteiger partial charge on any atom is -0.387 e. The van der Waals surface area contributed by atoms with Crippen molar-refractivity contribution in [2.45, 2.75) is 43.5 Å². The van der Waals surface area contributed by atoms with Gasteiger partial charge in [0.15, 0.2) is 5.16 Å². The Balaban J connectivity index is 1.69. The molecule has 22 heavy (non-hydrogen) atoms. The lowest BCUT2D eigenvalue weighted by molar-refractivity contribution is 0.198. The van der Waals surface area contributed by atoms with Crippen LogP contribution < -0.4 is 0 Å². The molecule has 2 aromatic rings. The molecule has 1 unspecified atom stereocenters. The number of aliphatic hydroxyl groups is 1. The van der Waals surface area contributed by atoms with E-state index in [4.69, 9.17) is 0 Å². The minimum atomic E-state index is -1.02. The van der Waals surface area contributed by atoms with Gasteiger partial charge in [-0.3, -0.25) is 0 Å². The summed E-state index contributed by atoms with van der Waals surface area (Å²) in [7, 11) is 0. The highest BCUT2D eigenvalue weighted by Gasteiger charge is 2.30. The molecule has 0 radical (unpaired) electrons. The Labute approximate surface area is 131 Å². The molecule has 0 spiro atoms. The van der Waals surface area contributed by atoms with Gasteiger partial charge >= 0.3 is 0 Å². The number of hydrogen-bond acceptors (Lipinski definition) is 4. The number of aromatic nitrogens is 3. The molecule has 4 nitrogen and oxygen atoms in total. The Hall–Kier alpha value is -1.47. The number of halogens is 2. The van der Waals surface area contributed by atoms with Crippen LogP contribution in [-0.4, -0.2) is 25.6 Å². The van der Waals surface area contributed by atoms with E-state index in [1.165, 1.54) is 17.8 Å². The van der Waals surface area contributed by atoms with Crippen molar-refractivity contribution < 1.29 is 13.9 Å². The number of hydrogen-bond donors (Lipinski definition) is 1. The summed E-state index contributed by atoms with van der Waals surface area (Å²) in [6, 6.07) is 3.20. The maximum atomic E-state index is 13.6. The van der Waals surface area contributed by atoms with E-state index in [0.29, 0.717) is 5.92 Å². The fourth-order valence-electron chi connectivity index (χ4n) is 2.36. The van der Waals surface area contributed by atoms with Crippen LogP contribution >= 0.6 is 11.8 Å². The van der Waals surface area contributed by atoms with Gasteiger partial charge in [-0.05, 0) is 25.8 Å². The Kier molecular flexibility index (Phi) is 4.44. The van der Waals surface area contributed by atoms with Crippen molar-refractivity contribution >= 4 is 11.8 Å². The van der Waals surface area contributed by atoms with E-state index in [-0.39, 0.29) is 11.3 Å². The van der Waals surface area contributed by atoms with Gasteiger partial charge in [-0.1, -0.05) is 17.8 Å². The van der Waals surface area contributed by atoms with Gasteiger partial charge in [0.05, 0.1) is 6.10 Å². The fraction of sp³-hybridized carbons (Fsp3) is 0.467. The molecule has 1 heterocycles. The lowest BCUT2D eigenvalue weighted by Gasteiger charge is -2.12. The van der Waals surface area contributed by atoms with E-state index in [2.05, 4.69) is 10.2 Å². The predicted molar refractivity (Wildman–Crippen MR) is 79.7 cm³/mol. The molecule has 3 rings (SSSR count). The number of nitrogens with zero attached hydrogens (tertiary/aromatic N) is 3. The van der Waals surface area contributed by atoms with Gasteiger partial charge in [-0.15, -0.1) is 10.2 Å². The zero-order valence-electron chi connectivity index (χ0n) is 12.2. The maximum absolute atomic E-state index is 13.6. The van der Waals surface area contributed by atoms with Gasteiger partial charge in [-0.25, -0.2) is 8.78 Å². The van der Waals surface area contributed by atoms with Crippen molar-refractivity contribution in [1.29, 1.82) is 0 Å². The topological polar surface area (TPSA) is 50.9 Å². The van der Waals surface area contributed by atoms with Crippen LogP contribution in [0.15, 0.2) is 23.4 Å². The lowest BCUT2D eigenvalue weighted by Crippen LogP contribution is -2.06. The van der Waals surface area contributed by atoms with Crippen molar-refractivity contribution in [2.24, 2.45) is 0 Å². The molecule has 1 atom stereocenters. The first kappa shape index (κ1) is 15.4. The van der Waals surface area contributed by atoms with Gasteiger partial charge in [-0.2, -0.15) is 0 Å². The third-order valence-corrected chi connectivity index (χ3v) is 4.74. The van der Waals surface area contributed by atoms with Crippen LogP contribution in [0.3, 0.4) is 0 Å². The monoisotopic (exact) mass is 325 g/mol. The van der Waals surface area contributed by atoms with Gasteiger partial charge < -0.3 is 9.67 Å². The average Bonchev–Trinajstić information content (AvgIpc) is 3.25. The van der Waals surface area contributed by atoms with E-state index in [9.17, 15) is 13.9 Å². The Bertz CT molecular complexity index is 673. The SMILES string of the molecule is CCn1c(SCC(O)c2ccc(F)cc2F)nnc1C1CC1. The highest BCUT2D eigenvalue weighted by molar-refractivity contribution is 7.99. The first-order chi connectivity index (χ1) is 10.6. The first-order valence-corrected chi connectivity index (χ1v) is 8.27. The summed E-state index contributed by atoms with van der Waals surface area (Å²) in [4.78, 5) is 0. The molecular weight excluding hydrogens is 308 g/mol. The molecule has 1 aliphatic rings. The molecule has 1 N–H and O–H groups in total. The zero-order chi connectivity index (χ0) is 15.7. The highest BCUT2D eigenvalue weighted by atomic mass is 32.2. The van der Waals surface area contributed by atoms with Crippen molar-refractivity contribution in [3.05, 3.63) is 41.2 Å². The summed E-state index contributed by atoms with van der Waals surface area (Å²) in [6.45, 7) is 2.79. The number of aliphatic hydroxyl groups excluding tert-OH is 1. The molecule has 1 aromatic carbocycles. The normalized spacial score (nSPS) is 16.0. The molecule has 1 aromatic heterocycles. The standard InChI is InChI=1S/C15H17F2N3OS/c1-2-20-14(9-3-4-9)18-19-15(20)22-8-13(21)11-6-5-10(16)7-12(11)17/h5-7,9,13,21H,2-4,8H2,1H3. The predicted octanol–water partition coefficient (Wildman–Crippen LogP) is 3.28. The van der Waals surface area contributed by atoms with Crippen molar-refractivity contribution in [3.8, 4) is 0 Å². The van der Waals surface area contributed by atoms with E-state index in [1.54, 1.807) is 0 Å². The Morgan fingerprint density at radius 2 is 2.14 bits per heavy atom. The summed E-state index contributed by atoms with van der Waals surface area (Å²) in [5.41, 5.74) is 0.0962. The van der Waals surface area contributed by atoms with Crippen molar-refractivity contribution in [3.63, 3.8) is 0 Å². The largest absolute Gasteiger partial charge is 0.387 e. The van der Waals surface area contributed by atoms with E-state index >= 15 is 0 Å². The zero-order valence-corrected chi connectivity index (χ0v) is 13.0.